The average Bonchev–Trinajstić information content (AvgIpc) is 2.35. The second-order valence-corrected chi connectivity index (χ2v) is 7.74. The molecule has 1 atom stereocenters. The van der Waals surface area contributed by atoms with Crippen LogP contribution in [0.2, 0.25) is 0 Å². The van der Waals surface area contributed by atoms with Gasteiger partial charge in [-0.05, 0) is 30.0 Å². The van der Waals surface area contributed by atoms with Gasteiger partial charge in [0.25, 0.3) is 0 Å². The van der Waals surface area contributed by atoms with Gasteiger partial charge in [-0.1, -0.05) is 13.8 Å². The average molecular weight is 304 g/mol. The van der Waals surface area contributed by atoms with E-state index in [2.05, 4.69) is 0 Å². The van der Waals surface area contributed by atoms with E-state index in [4.69, 9.17) is 5.73 Å². The van der Waals surface area contributed by atoms with Gasteiger partial charge in [-0.25, -0.2) is 17.2 Å². The van der Waals surface area contributed by atoms with Crippen molar-refractivity contribution in [2.75, 3.05) is 13.1 Å². The van der Waals surface area contributed by atoms with Crippen LogP contribution in [0.25, 0.3) is 0 Å². The first kappa shape index (κ1) is 15.3. The molecule has 2 rings (SSSR count). The molecule has 4 nitrogen and oxygen atoms in total. The van der Waals surface area contributed by atoms with Crippen molar-refractivity contribution < 1.29 is 17.2 Å². The van der Waals surface area contributed by atoms with Gasteiger partial charge in [0, 0.05) is 19.1 Å². The lowest BCUT2D eigenvalue weighted by Crippen LogP contribution is -2.53. The number of nitrogens with two attached hydrogens (primary N) is 1. The Hall–Kier alpha value is -1.05. The summed E-state index contributed by atoms with van der Waals surface area (Å²) in [7, 11) is -3.82. The van der Waals surface area contributed by atoms with E-state index in [-0.39, 0.29) is 29.4 Å². The second kappa shape index (κ2) is 5.05. The van der Waals surface area contributed by atoms with Crippen LogP contribution < -0.4 is 5.73 Å². The van der Waals surface area contributed by atoms with Crippen LogP contribution in [0, 0.1) is 17.0 Å². The summed E-state index contributed by atoms with van der Waals surface area (Å²) in [5.41, 5.74) is 5.61. The largest absolute Gasteiger partial charge is 0.327 e. The fraction of sp³-hybridized carbons (Fsp3) is 0.538. The van der Waals surface area contributed by atoms with Gasteiger partial charge in [0.1, 0.15) is 0 Å². The predicted molar refractivity (Wildman–Crippen MR) is 71.5 cm³/mol. The summed E-state index contributed by atoms with van der Waals surface area (Å²) in [5, 5.41) is 0. The van der Waals surface area contributed by atoms with Crippen molar-refractivity contribution >= 4 is 10.0 Å². The van der Waals surface area contributed by atoms with Crippen molar-refractivity contribution in [1.82, 2.24) is 4.31 Å². The number of rotatable bonds is 2. The highest BCUT2D eigenvalue weighted by Gasteiger charge is 2.38. The Morgan fingerprint density at radius 2 is 1.95 bits per heavy atom. The van der Waals surface area contributed by atoms with Crippen molar-refractivity contribution in [3.8, 4) is 0 Å². The monoisotopic (exact) mass is 304 g/mol. The van der Waals surface area contributed by atoms with Crippen LogP contribution in [0.5, 0.6) is 0 Å². The Morgan fingerprint density at radius 3 is 2.50 bits per heavy atom. The maximum absolute atomic E-state index is 13.2. The molecule has 1 aromatic carbocycles. The standard InChI is InChI=1S/C13H18F2N2O2S/c1-13(2)8-17(6-5-12(13)16)20(18,19)9-3-4-10(14)11(15)7-9/h3-4,7,12H,5-6,8,16H2,1-2H3. The van der Waals surface area contributed by atoms with Gasteiger partial charge < -0.3 is 5.73 Å². The number of nitrogens with zero attached hydrogens (tertiary/aromatic N) is 1. The number of hydrogen-bond acceptors (Lipinski definition) is 3. The third kappa shape index (κ3) is 2.70. The quantitative estimate of drug-likeness (QED) is 0.905. The van der Waals surface area contributed by atoms with Gasteiger partial charge >= 0.3 is 0 Å². The van der Waals surface area contributed by atoms with Crippen molar-refractivity contribution in [3.63, 3.8) is 0 Å². The first-order chi connectivity index (χ1) is 9.14. The Balaban J connectivity index is 2.33. The minimum Gasteiger partial charge on any atom is -0.327 e. The molecule has 20 heavy (non-hydrogen) atoms. The number of benzene rings is 1. The lowest BCUT2D eigenvalue weighted by atomic mass is 9.81. The molecule has 0 saturated carbocycles. The van der Waals surface area contributed by atoms with Crippen LogP contribution in [-0.4, -0.2) is 31.9 Å². The third-order valence-corrected chi connectivity index (χ3v) is 5.65. The molecule has 1 heterocycles. The topological polar surface area (TPSA) is 63.4 Å². The van der Waals surface area contributed by atoms with Crippen LogP contribution in [0.4, 0.5) is 8.78 Å². The zero-order chi connectivity index (χ0) is 15.1. The molecule has 0 aliphatic carbocycles. The molecule has 1 aliphatic heterocycles. The maximum atomic E-state index is 13.2. The molecule has 112 valence electrons. The van der Waals surface area contributed by atoms with Crippen LogP contribution in [0.15, 0.2) is 23.1 Å². The zero-order valence-corrected chi connectivity index (χ0v) is 12.3. The second-order valence-electron chi connectivity index (χ2n) is 5.80. The molecule has 1 aliphatic rings. The summed E-state index contributed by atoms with van der Waals surface area (Å²) in [5.74, 6) is -2.23. The minimum atomic E-state index is -3.82. The Morgan fingerprint density at radius 1 is 1.30 bits per heavy atom. The van der Waals surface area contributed by atoms with Gasteiger partial charge in [0.05, 0.1) is 4.90 Å². The van der Waals surface area contributed by atoms with E-state index in [1.54, 1.807) is 0 Å². The van der Waals surface area contributed by atoms with Crippen molar-refractivity contribution in [2.24, 2.45) is 11.1 Å². The molecule has 0 aromatic heterocycles. The van der Waals surface area contributed by atoms with Crippen LogP contribution in [-0.2, 0) is 10.0 Å². The molecule has 7 heteroatoms. The number of piperidine rings is 1. The van der Waals surface area contributed by atoms with E-state index in [9.17, 15) is 17.2 Å². The maximum Gasteiger partial charge on any atom is 0.243 e. The third-order valence-electron chi connectivity index (χ3n) is 3.81. The fourth-order valence-corrected chi connectivity index (χ4v) is 3.96. The summed E-state index contributed by atoms with van der Waals surface area (Å²) in [4.78, 5) is -0.234. The minimum absolute atomic E-state index is 0.0843. The fourth-order valence-electron chi connectivity index (χ4n) is 2.32. The van der Waals surface area contributed by atoms with Crippen molar-refractivity contribution in [3.05, 3.63) is 29.8 Å². The summed E-state index contributed by atoms with van der Waals surface area (Å²) < 4.78 is 52.3. The zero-order valence-electron chi connectivity index (χ0n) is 11.4. The number of hydrogen-bond donors (Lipinski definition) is 1. The lowest BCUT2D eigenvalue weighted by Gasteiger charge is -2.41. The first-order valence-electron chi connectivity index (χ1n) is 6.35. The summed E-state index contributed by atoms with van der Waals surface area (Å²) in [6.45, 7) is 4.33. The molecule has 1 saturated heterocycles. The molecule has 0 bridgehead atoms. The molecular weight excluding hydrogens is 286 g/mol. The van der Waals surface area contributed by atoms with Crippen LogP contribution >= 0.6 is 0 Å². The van der Waals surface area contributed by atoms with E-state index in [1.165, 1.54) is 4.31 Å². The molecule has 0 spiro atoms. The van der Waals surface area contributed by atoms with Crippen LogP contribution in [0.3, 0.4) is 0 Å². The molecule has 1 aromatic rings. The highest BCUT2D eigenvalue weighted by Crippen LogP contribution is 2.31. The smallest absolute Gasteiger partial charge is 0.243 e. The normalized spacial score (nSPS) is 23.8. The van der Waals surface area contributed by atoms with Crippen molar-refractivity contribution in [1.29, 1.82) is 0 Å². The summed E-state index contributed by atoms with van der Waals surface area (Å²) in [6, 6.07) is 2.53. The van der Waals surface area contributed by atoms with Crippen LogP contribution in [0.1, 0.15) is 20.3 Å². The molecule has 1 unspecified atom stereocenters. The Labute approximate surface area is 117 Å². The summed E-state index contributed by atoms with van der Waals surface area (Å²) >= 11 is 0. The van der Waals surface area contributed by atoms with Gasteiger partial charge in [-0.15, -0.1) is 0 Å². The Bertz CT molecular complexity index is 617. The van der Waals surface area contributed by atoms with E-state index in [0.717, 1.165) is 12.1 Å². The van der Waals surface area contributed by atoms with Gasteiger partial charge in [0.2, 0.25) is 10.0 Å². The first-order valence-corrected chi connectivity index (χ1v) is 7.79. The molecule has 1 fully saturated rings. The van der Waals surface area contributed by atoms with Gasteiger partial charge in [-0.2, -0.15) is 4.31 Å². The lowest BCUT2D eigenvalue weighted by molar-refractivity contribution is 0.155. The van der Waals surface area contributed by atoms with E-state index in [0.29, 0.717) is 12.5 Å². The molecule has 0 radical (unpaired) electrons. The highest BCUT2D eigenvalue weighted by atomic mass is 32.2. The molecule has 0 amide bonds. The summed E-state index contributed by atoms with van der Waals surface area (Å²) in [6.07, 6.45) is 0.538. The molecule has 2 N–H and O–H groups in total. The number of sulfonamides is 1. The SMILES string of the molecule is CC1(C)CN(S(=O)(=O)c2ccc(F)c(F)c2)CCC1N. The van der Waals surface area contributed by atoms with Gasteiger partial charge in [-0.3, -0.25) is 0 Å². The Kier molecular flexibility index (Phi) is 3.88. The van der Waals surface area contributed by atoms with E-state index in [1.807, 2.05) is 13.8 Å². The predicted octanol–water partition coefficient (Wildman–Crippen LogP) is 1.71. The highest BCUT2D eigenvalue weighted by molar-refractivity contribution is 7.89. The van der Waals surface area contributed by atoms with Gasteiger partial charge in [0.15, 0.2) is 11.6 Å². The van der Waals surface area contributed by atoms with E-state index < -0.39 is 21.7 Å². The number of halogens is 2. The molecular formula is C13H18F2N2O2S. The van der Waals surface area contributed by atoms with E-state index >= 15 is 0 Å². The van der Waals surface area contributed by atoms with Crippen molar-refractivity contribution in [2.45, 2.75) is 31.2 Å².